The van der Waals surface area contributed by atoms with E-state index in [2.05, 4.69) is 10.3 Å². The number of benzene rings is 1. The minimum atomic E-state index is -0.326. The predicted molar refractivity (Wildman–Crippen MR) is 95.6 cm³/mol. The minimum absolute atomic E-state index is 0.146. The van der Waals surface area contributed by atoms with Crippen LogP contribution in [-0.4, -0.2) is 20.5 Å². The number of nitrogens with zero attached hydrogens (tertiary/aromatic N) is 2. The Morgan fingerprint density at radius 2 is 2.13 bits per heavy atom. The van der Waals surface area contributed by atoms with Crippen molar-refractivity contribution >= 4 is 52.1 Å². The molecule has 4 nitrogen and oxygen atoms in total. The van der Waals surface area contributed by atoms with Crippen LogP contribution >= 0.6 is 35.0 Å². The topological polar surface area (TPSA) is 46.4 Å². The van der Waals surface area contributed by atoms with Crippen molar-refractivity contribution < 1.29 is 4.79 Å². The molecule has 1 N–H and O–H groups in total. The largest absolute Gasteiger partial charge is 0.324 e. The van der Waals surface area contributed by atoms with Crippen LogP contribution in [0.4, 0.5) is 5.69 Å². The fraction of sp³-hybridized carbons (Fsp3) is 0.125. The van der Waals surface area contributed by atoms with Crippen LogP contribution in [0.2, 0.25) is 10.0 Å². The van der Waals surface area contributed by atoms with Gasteiger partial charge in [-0.25, -0.2) is 4.98 Å². The van der Waals surface area contributed by atoms with E-state index in [-0.39, 0.29) is 11.2 Å². The molecule has 3 aromatic rings. The molecule has 0 aliphatic heterocycles. The van der Waals surface area contributed by atoms with E-state index < -0.39 is 0 Å². The maximum Gasteiger partial charge on any atom is 0.237 e. The molecule has 2 aromatic heterocycles. The summed E-state index contributed by atoms with van der Waals surface area (Å²) >= 11 is 13.3. The number of imidazole rings is 1. The van der Waals surface area contributed by atoms with Crippen molar-refractivity contribution in [1.82, 2.24) is 9.38 Å². The number of nitrogens with one attached hydrogen (secondary N) is 1. The number of thioether (sulfide) groups is 1. The zero-order valence-electron chi connectivity index (χ0n) is 12.2. The lowest BCUT2D eigenvalue weighted by Crippen LogP contribution is -2.22. The molecule has 1 atom stereocenters. The van der Waals surface area contributed by atoms with Crippen LogP contribution in [0.3, 0.4) is 0 Å². The first-order chi connectivity index (χ1) is 11.0. The summed E-state index contributed by atoms with van der Waals surface area (Å²) < 4.78 is 1.95. The number of carbonyl (C=O) groups is 1. The van der Waals surface area contributed by atoms with Gasteiger partial charge in [0.05, 0.1) is 27.7 Å². The molecule has 0 bridgehead atoms. The number of rotatable bonds is 4. The fourth-order valence-corrected chi connectivity index (χ4v) is 3.37. The van der Waals surface area contributed by atoms with Crippen LogP contribution in [-0.2, 0) is 4.79 Å². The number of pyridine rings is 1. The van der Waals surface area contributed by atoms with Crippen LogP contribution in [0.1, 0.15) is 6.92 Å². The maximum absolute atomic E-state index is 12.4. The average Bonchev–Trinajstić information content (AvgIpc) is 2.93. The lowest BCUT2D eigenvalue weighted by molar-refractivity contribution is -0.115. The van der Waals surface area contributed by atoms with Gasteiger partial charge in [-0.3, -0.25) is 9.20 Å². The predicted octanol–water partition coefficient (Wildman–Crippen LogP) is 4.76. The van der Waals surface area contributed by atoms with Gasteiger partial charge in [-0.15, -0.1) is 0 Å². The normalized spacial score (nSPS) is 12.3. The third-order valence-corrected chi connectivity index (χ3v) is 4.87. The molecule has 0 saturated carbocycles. The van der Waals surface area contributed by atoms with E-state index in [1.807, 2.05) is 35.7 Å². The Morgan fingerprint density at radius 1 is 1.30 bits per heavy atom. The molecule has 1 amide bonds. The summed E-state index contributed by atoms with van der Waals surface area (Å²) in [6.45, 7) is 1.83. The highest BCUT2D eigenvalue weighted by atomic mass is 35.5. The lowest BCUT2D eigenvalue weighted by Gasteiger charge is -2.12. The van der Waals surface area contributed by atoms with E-state index in [1.54, 1.807) is 24.4 Å². The van der Waals surface area contributed by atoms with Gasteiger partial charge >= 0.3 is 0 Å². The second-order valence-electron chi connectivity index (χ2n) is 4.91. The summed E-state index contributed by atoms with van der Waals surface area (Å²) in [6.07, 6.45) is 3.70. The van der Waals surface area contributed by atoms with Crippen LogP contribution in [0.25, 0.3) is 5.52 Å². The van der Waals surface area contributed by atoms with Gasteiger partial charge in [0.1, 0.15) is 0 Å². The van der Waals surface area contributed by atoms with Crippen molar-refractivity contribution in [2.24, 2.45) is 0 Å². The molecule has 0 aliphatic carbocycles. The monoisotopic (exact) mass is 365 g/mol. The second kappa shape index (κ2) is 6.83. The summed E-state index contributed by atoms with van der Waals surface area (Å²) in [5.74, 6) is -0.146. The number of hydrogen-bond donors (Lipinski definition) is 1. The van der Waals surface area contributed by atoms with E-state index >= 15 is 0 Å². The molecule has 0 spiro atoms. The third kappa shape index (κ3) is 3.63. The van der Waals surface area contributed by atoms with Crippen LogP contribution in [0.15, 0.2) is 53.9 Å². The summed E-state index contributed by atoms with van der Waals surface area (Å²) in [6, 6.07) is 10.8. The van der Waals surface area contributed by atoms with E-state index in [1.165, 1.54) is 11.8 Å². The summed E-state index contributed by atoms with van der Waals surface area (Å²) in [5.41, 5.74) is 1.53. The van der Waals surface area contributed by atoms with Crippen molar-refractivity contribution in [2.75, 3.05) is 5.32 Å². The molecule has 0 radical (unpaired) electrons. The number of amides is 1. The molecule has 3 rings (SSSR count). The first-order valence-electron chi connectivity index (χ1n) is 6.89. The second-order valence-corrected chi connectivity index (χ2v) is 7.06. The van der Waals surface area contributed by atoms with Gasteiger partial charge < -0.3 is 5.32 Å². The van der Waals surface area contributed by atoms with Gasteiger partial charge in [0.25, 0.3) is 0 Å². The van der Waals surface area contributed by atoms with Crippen LogP contribution in [0.5, 0.6) is 0 Å². The molecule has 0 aliphatic rings. The van der Waals surface area contributed by atoms with E-state index in [0.717, 1.165) is 10.7 Å². The quantitative estimate of drug-likeness (QED) is 0.677. The molecular formula is C16H13Cl2N3OS. The Hall–Kier alpha value is -1.69. The standard InChI is InChI=1S/C16H13Cl2N3OS/c1-10(15(22)20-14-6-5-11(17)8-13(14)18)23-16-19-9-12-4-2-3-7-21(12)16/h2-10H,1H3,(H,20,22)/t10-/m1/s1. The summed E-state index contributed by atoms with van der Waals surface area (Å²) in [5, 5.41) is 4.19. The first kappa shape index (κ1) is 16.2. The Bertz CT molecular complexity index is 865. The molecule has 2 heterocycles. The number of halogens is 2. The van der Waals surface area contributed by atoms with Gasteiger partial charge in [0.15, 0.2) is 5.16 Å². The van der Waals surface area contributed by atoms with Gasteiger partial charge in [0.2, 0.25) is 5.91 Å². The Labute approximate surface area is 147 Å². The Morgan fingerprint density at radius 3 is 2.91 bits per heavy atom. The number of carbonyl (C=O) groups excluding carboxylic acids is 1. The summed E-state index contributed by atoms with van der Waals surface area (Å²) in [4.78, 5) is 16.7. The highest BCUT2D eigenvalue weighted by Crippen LogP contribution is 2.28. The van der Waals surface area contributed by atoms with E-state index in [4.69, 9.17) is 23.2 Å². The molecule has 0 unspecified atom stereocenters. The highest BCUT2D eigenvalue weighted by Gasteiger charge is 2.18. The molecular weight excluding hydrogens is 353 g/mol. The summed E-state index contributed by atoms with van der Waals surface area (Å²) in [7, 11) is 0. The minimum Gasteiger partial charge on any atom is -0.324 e. The average molecular weight is 366 g/mol. The Kier molecular flexibility index (Phi) is 4.80. The highest BCUT2D eigenvalue weighted by molar-refractivity contribution is 8.00. The molecule has 23 heavy (non-hydrogen) atoms. The lowest BCUT2D eigenvalue weighted by atomic mass is 10.3. The van der Waals surface area contributed by atoms with Gasteiger partial charge in [0, 0.05) is 11.2 Å². The zero-order chi connectivity index (χ0) is 16.4. The molecule has 118 valence electrons. The van der Waals surface area contributed by atoms with E-state index in [9.17, 15) is 4.79 Å². The molecule has 0 saturated heterocycles. The molecule has 1 aromatic carbocycles. The van der Waals surface area contributed by atoms with Crippen molar-refractivity contribution in [1.29, 1.82) is 0 Å². The van der Waals surface area contributed by atoms with Crippen molar-refractivity contribution in [3.63, 3.8) is 0 Å². The van der Waals surface area contributed by atoms with Gasteiger partial charge in [-0.05, 0) is 37.3 Å². The number of aromatic nitrogens is 2. The Balaban J connectivity index is 1.72. The SMILES string of the molecule is C[C@@H](Sc1ncc2ccccn12)C(=O)Nc1ccc(Cl)cc1Cl. The van der Waals surface area contributed by atoms with Crippen molar-refractivity contribution in [2.45, 2.75) is 17.3 Å². The molecule has 0 fully saturated rings. The van der Waals surface area contributed by atoms with Crippen molar-refractivity contribution in [3.8, 4) is 0 Å². The van der Waals surface area contributed by atoms with Crippen LogP contribution < -0.4 is 5.32 Å². The fourth-order valence-electron chi connectivity index (χ4n) is 2.04. The van der Waals surface area contributed by atoms with Gasteiger partial charge in [-0.1, -0.05) is 41.0 Å². The maximum atomic E-state index is 12.4. The number of fused-ring (bicyclic) bond motifs is 1. The number of hydrogen-bond acceptors (Lipinski definition) is 3. The first-order valence-corrected chi connectivity index (χ1v) is 8.53. The third-order valence-electron chi connectivity index (χ3n) is 3.25. The zero-order valence-corrected chi connectivity index (χ0v) is 14.5. The van der Waals surface area contributed by atoms with Crippen LogP contribution in [0, 0.1) is 0 Å². The van der Waals surface area contributed by atoms with Gasteiger partial charge in [-0.2, -0.15) is 0 Å². The smallest absolute Gasteiger partial charge is 0.237 e. The molecule has 7 heteroatoms. The number of anilines is 1. The van der Waals surface area contributed by atoms with E-state index in [0.29, 0.717) is 15.7 Å². The van der Waals surface area contributed by atoms with Crippen molar-refractivity contribution in [3.05, 3.63) is 58.8 Å².